The molecule has 0 bridgehead atoms. The van der Waals surface area contributed by atoms with Gasteiger partial charge in [-0.15, -0.1) is 0 Å². The van der Waals surface area contributed by atoms with Crippen LogP contribution in [0.4, 0.5) is 4.79 Å². The van der Waals surface area contributed by atoms with Crippen molar-refractivity contribution < 1.29 is 14.7 Å². The Morgan fingerprint density at radius 2 is 1.65 bits per heavy atom. The highest BCUT2D eigenvalue weighted by atomic mass is 16.4. The van der Waals surface area contributed by atoms with Gasteiger partial charge in [-0.2, -0.15) is 0 Å². The molecular weight excluding hydrogens is 258 g/mol. The molecule has 1 N–H and O–H groups in total. The molecule has 0 aromatic carbocycles. The van der Waals surface area contributed by atoms with Gasteiger partial charge in [-0.25, -0.2) is 4.79 Å². The standard InChI is InChI=1S/C14H23N3O3/c18-13(19)11-3-6-16(7-4-11)14(20)17-9-8-15-5-1-2-12(15)10-17/h11-12H,1-10H2,(H,18,19). The van der Waals surface area contributed by atoms with E-state index in [1.807, 2.05) is 9.80 Å². The number of fused-ring (bicyclic) bond motifs is 1. The summed E-state index contributed by atoms with van der Waals surface area (Å²) in [5.41, 5.74) is 0. The van der Waals surface area contributed by atoms with Crippen molar-refractivity contribution in [3.8, 4) is 0 Å². The van der Waals surface area contributed by atoms with Crippen molar-refractivity contribution in [2.45, 2.75) is 31.7 Å². The minimum atomic E-state index is -0.725. The molecule has 3 saturated heterocycles. The molecule has 2 amide bonds. The summed E-state index contributed by atoms with van der Waals surface area (Å²) >= 11 is 0. The minimum Gasteiger partial charge on any atom is -0.481 e. The fourth-order valence-corrected chi connectivity index (χ4v) is 3.68. The molecule has 3 aliphatic heterocycles. The van der Waals surface area contributed by atoms with E-state index in [2.05, 4.69) is 4.90 Å². The number of amides is 2. The Morgan fingerprint density at radius 3 is 2.35 bits per heavy atom. The monoisotopic (exact) mass is 281 g/mol. The average molecular weight is 281 g/mol. The van der Waals surface area contributed by atoms with Crippen LogP contribution in [0.1, 0.15) is 25.7 Å². The Kier molecular flexibility index (Phi) is 3.83. The fraction of sp³-hybridized carbons (Fsp3) is 0.857. The molecule has 0 aromatic rings. The third kappa shape index (κ3) is 2.61. The Hall–Kier alpha value is -1.30. The summed E-state index contributed by atoms with van der Waals surface area (Å²) in [5, 5.41) is 9.00. The van der Waals surface area contributed by atoms with Gasteiger partial charge >= 0.3 is 12.0 Å². The number of hydrogen-bond acceptors (Lipinski definition) is 3. The van der Waals surface area contributed by atoms with Crippen LogP contribution in [0.5, 0.6) is 0 Å². The van der Waals surface area contributed by atoms with E-state index < -0.39 is 5.97 Å². The molecular formula is C14H23N3O3. The molecule has 3 fully saturated rings. The van der Waals surface area contributed by atoms with E-state index in [-0.39, 0.29) is 11.9 Å². The second-order valence-corrected chi connectivity index (χ2v) is 6.16. The first-order valence-electron chi connectivity index (χ1n) is 7.66. The van der Waals surface area contributed by atoms with Crippen LogP contribution in [0.3, 0.4) is 0 Å². The van der Waals surface area contributed by atoms with Crippen LogP contribution in [0, 0.1) is 5.92 Å². The van der Waals surface area contributed by atoms with Crippen LogP contribution in [0.15, 0.2) is 0 Å². The van der Waals surface area contributed by atoms with E-state index in [0.29, 0.717) is 32.0 Å². The van der Waals surface area contributed by atoms with Crippen LogP contribution >= 0.6 is 0 Å². The molecule has 3 heterocycles. The zero-order chi connectivity index (χ0) is 14.1. The van der Waals surface area contributed by atoms with Crippen LogP contribution in [-0.4, -0.2) is 77.1 Å². The number of nitrogens with zero attached hydrogens (tertiary/aromatic N) is 3. The summed E-state index contributed by atoms with van der Waals surface area (Å²) in [6, 6.07) is 0.657. The molecule has 1 unspecified atom stereocenters. The Labute approximate surface area is 119 Å². The lowest BCUT2D eigenvalue weighted by atomic mass is 9.97. The lowest BCUT2D eigenvalue weighted by Gasteiger charge is -2.41. The van der Waals surface area contributed by atoms with Crippen LogP contribution in [0.25, 0.3) is 0 Å². The summed E-state index contributed by atoms with van der Waals surface area (Å²) in [7, 11) is 0. The Balaban J connectivity index is 1.53. The van der Waals surface area contributed by atoms with Gasteiger partial charge in [0.1, 0.15) is 0 Å². The molecule has 0 aliphatic carbocycles. The summed E-state index contributed by atoms with van der Waals surface area (Å²) in [6.45, 7) is 4.99. The third-order valence-electron chi connectivity index (χ3n) is 4.97. The van der Waals surface area contributed by atoms with Crippen LogP contribution < -0.4 is 0 Å². The summed E-state index contributed by atoms with van der Waals surface area (Å²) in [5.74, 6) is -0.998. The number of carbonyl (C=O) groups excluding carboxylic acids is 1. The van der Waals surface area contributed by atoms with Crippen molar-refractivity contribution in [3.05, 3.63) is 0 Å². The third-order valence-corrected chi connectivity index (χ3v) is 4.97. The smallest absolute Gasteiger partial charge is 0.320 e. The zero-order valence-corrected chi connectivity index (χ0v) is 11.8. The molecule has 20 heavy (non-hydrogen) atoms. The zero-order valence-electron chi connectivity index (χ0n) is 11.8. The van der Waals surface area contributed by atoms with E-state index in [1.54, 1.807) is 0 Å². The SMILES string of the molecule is O=C(O)C1CCN(C(=O)N2CCN3CCCC3C2)CC1. The topological polar surface area (TPSA) is 64.1 Å². The number of carbonyl (C=O) groups is 2. The van der Waals surface area contributed by atoms with Gasteiger partial charge in [0.15, 0.2) is 0 Å². The molecule has 1 atom stereocenters. The van der Waals surface area contributed by atoms with Gasteiger partial charge in [0, 0.05) is 38.8 Å². The largest absolute Gasteiger partial charge is 0.481 e. The number of hydrogen-bond donors (Lipinski definition) is 1. The second-order valence-electron chi connectivity index (χ2n) is 6.16. The van der Waals surface area contributed by atoms with Crippen molar-refractivity contribution in [1.29, 1.82) is 0 Å². The first-order valence-corrected chi connectivity index (χ1v) is 7.66. The minimum absolute atomic E-state index is 0.111. The molecule has 0 saturated carbocycles. The molecule has 6 heteroatoms. The summed E-state index contributed by atoms with van der Waals surface area (Å²) < 4.78 is 0. The number of rotatable bonds is 1. The molecule has 3 aliphatic rings. The number of piperidine rings is 1. The highest BCUT2D eigenvalue weighted by molar-refractivity contribution is 5.75. The Morgan fingerprint density at radius 1 is 0.900 bits per heavy atom. The number of likely N-dealkylation sites (tertiary alicyclic amines) is 1. The first-order chi connectivity index (χ1) is 9.65. The fourth-order valence-electron chi connectivity index (χ4n) is 3.68. The average Bonchev–Trinajstić information content (AvgIpc) is 2.94. The van der Waals surface area contributed by atoms with Gasteiger partial charge in [0.2, 0.25) is 0 Å². The van der Waals surface area contributed by atoms with Crippen molar-refractivity contribution in [3.63, 3.8) is 0 Å². The van der Waals surface area contributed by atoms with E-state index in [4.69, 9.17) is 5.11 Å². The number of piperazine rings is 1. The molecule has 3 rings (SSSR count). The normalized spacial score (nSPS) is 28.5. The number of urea groups is 1. The van der Waals surface area contributed by atoms with Crippen molar-refractivity contribution >= 4 is 12.0 Å². The van der Waals surface area contributed by atoms with Gasteiger partial charge in [-0.1, -0.05) is 0 Å². The summed E-state index contributed by atoms with van der Waals surface area (Å²) in [6.07, 6.45) is 3.62. The van der Waals surface area contributed by atoms with E-state index in [0.717, 1.165) is 19.6 Å². The van der Waals surface area contributed by atoms with Gasteiger partial charge in [-0.3, -0.25) is 9.69 Å². The first kappa shape index (κ1) is 13.7. The molecule has 0 spiro atoms. The lowest BCUT2D eigenvalue weighted by Crippen LogP contribution is -2.56. The molecule has 0 aromatic heterocycles. The van der Waals surface area contributed by atoms with Crippen LogP contribution in [-0.2, 0) is 4.79 Å². The van der Waals surface area contributed by atoms with Gasteiger partial charge < -0.3 is 14.9 Å². The van der Waals surface area contributed by atoms with E-state index >= 15 is 0 Å². The maximum absolute atomic E-state index is 12.5. The molecule has 6 nitrogen and oxygen atoms in total. The number of carboxylic acids is 1. The van der Waals surface area contributed by atoms with Gasteiger partial charge in [-0.05, 0) is 32.2 Å². The predicted molar refractivity (Wildman–Crippen MR) is 73.5 cm³/mol. The van der Waals surface area contributed by atoms with Crippen molar-refractivity contribution in [1.82, 2.24) is 14.7 Å². The van der Waals surface area contributed by atoms with Crippen LogP contribution in [0.2, 0.25) is 0 Å². The quantitative estimate of drug-likeness (QED) is 0.768. The second kappa shape index (κ2) is 5.60. The molecule has 0 radical (unpaired) electrons. The Bertz CT molecular complexity index is 393. The van der Waals surface area contributed by atoms with Crippen molar-refractivity contribution in [2.24, 2.45) is 5.92 Å². The predicted octanol–water partition coefficient (Wildman–Crippen LogP) is 0.683. The maximum Gasteiger partial charge on any atom is 0.320 e. The lowest BCUT2D eigenvalue weighted by molar-refractivity contribution is -0.143. The van der Waals surface area contributed by atoms with Crippen molar-refractivity contribution in [2.75, 3.05) is 39.3 Å². The molecule has 112 valence electrons. The van der Waals surface area contributed by atoms with Gasteiger partial charge in [0.25, 0.3) is 0 Å². The highest BCUT2D eigenvalue weighted by Gasteiger charge is 2.35. The number of aliphatic carboxylic acids is 1. The van der Waals surface area contributed by atoms with Gasteiger partial charge in [0.05, 0.1) is 5.92 Å². The highest BCUT2D eigenvalue weighted by Crippen LogP contribution is 2.24. The maximum atomic E-state index is 12.5. The van der Waals surface area contributed by atoms with E-state index in [1.165, 1.54) is 19.4 Å². The summed E-state index contributed by atoms with van der Waals surface area (Å²) in [4.78, 5) is 29.7. The van der Waals surface area contributed by atoms with E-state index in [9.17, 15) is 9.59 Å². The number of carboxylic acid groups (broad SMARTS) is 1.